The number of benzene rings is 2. The summed E-state index contributed by atoms with van der Waals surface area (Å²) in [5.74, 6) is 0.192. The van der Waals surface area contributed by atoms with Crippen molar-refractivity contribution >= 4 is 27.5 Å². The quantitative estimate of drug-likeness (QED) is 0.534. The van der Waals surface area contributed by atoms with Crippen molar-refractivity contribution in [1.82, 2.24) is 4.90 Å². The van der Waals surface area contributed by atoms with Crippen LogP contribution in [0.1, 0.15) is 66.9 Å². The Hall–Kier alpha value is -1.81. The normalized spacial score (nSPS) is 14.8. The van der Waals surface area contributed by atoms with Gasteiger partial charge in [-0.25, -0.2) is 0 Å². The number of hydrogen-bond donors (Lipinski definition) is 1. The molecule has 1 aliphatic carbocycles. The van der Waals surface area contributed by atoms with Crippen LogP contribution in [0.3, 0.4) is 0 Å². The number of rotatable bonds is 7. The third kappa shape index (κ3) is 5.38. The van der Waals surface area contributed by atoms with E-state index in [9.17, 15) is 4.79 Å². The lowest BCUT2D eigenvalue weighted by atomic mass is 9.93. The molecule has 2 aromatic rings. The molecule has 0 atom stereocenters. The van der Waals surface area contributed by atoms with E-state index >= 15 is 0 Å². The molecule has 0 bridgehead atoms. The van der Waals surface area contributed by atoms with Crippen molar-refractivity contribution in [2.75, 3.05) is 12.3 Å². The third-order valence-electron chi connectivity index (χ3n) is 5.70. The van der Waals surface area contributed by atoms with Crippen LogP contribution in [-0.4, -0.2) is 23.4 Å². The molecular formula is C24H31BrN2O. The Morgan fingerprint density at radius 3 is 2.64 bits per heavy atom. The van der Waals surface area contributed by atoms with Gasteiger partial charge in [0.25, 0.3) is 5.91 Å². The molecule has 0 unspecified atom stereocenters. The smallest absolute Gasteiger partial charge is 0.254 e. The average molecular weight is 443 g/mol. The van der Waals surface area contributed by atoms with Gasteiger partial charge < -0.3 is 10.6 Å². The van der Waals surface area contributed by atoms with Crippen molar-refractivity contribution in [3.8, 4) is 0 Å². The van der Waals surface area contributed by atoms with Gasteiger partial charge in [-0.3, -0.25) is 4.79 Å². The second-order valence-electron chi connectivity index (χ2n) is 7.83. The number of carbonyl (C=O) groups excluding carboxylic acids is 1. The van der Waals surface area contributed by atoms with Crippen molar-refractivity contribution in [2.45, 2.75) is 64.3 Å². The lowest BCUT2D eigenvalue weighted by molar-refractivity contribution is 0.0634. The highest BCUT2D eigenvalue weighted by Gasteiger charge is 2.25. The van der Waals surface area contributed by atoms with Gasteiger partial charge in [0.2, 0.25) is 0 Å². The first-order chi connectivity index (χ1) is 13.6. The largest absolute Gasteiger partial charge is 0.399 e. The standard InChI is InChI=1S/C24H31BrN2O/c1-2-15-27(22-9-4-3-5-10-22)24(28)20-8-6-7-18(16-20)11-12-19-17-21(25)13-14-23(19)26/h6-8,13-14,16-17,22H,2-5,9-12,15,26H2,1H3. The van der Waals surface area contributed by atoms with Gasteiger partial charge in [-0.2, -0.15) is 0 Å². The fraction of sp³-hybridized carbons (Fsp3) is 0.458. The Kier molecular flexibility index (Phi) is 7.55. The molecule has 2 N–H and O–H groups in total. The lowest BCUT2D eigenvalue weighted by Crippen LogP contribution is -2.42. The van der Waals surface area contributed by atoms with Gasteiger partial charge >= 0.3 is 0 Å². The predicted octanol–water partition coefficient (Wildman–Crippen LogP) is 6.00. The second kappa shape index (κ2) is 10.1. The van der Waals surface area contributed by atoms with Crippen molar-refractivity contribution < 1.29 is 4.79 Å². The summed E-state index contributed by atoms with van der Waals surface area (Å²) in [6, 6.07) is 14.5. The van der Waals surface area contributed by atoms with E-state index < -0.39 is 0 Å². The van der Waals surface area contributed by atoms with Crippen molar-refractivity contribution in [1.29, 1.82) is 0 Å². The maximum atomic E-state index is 13.3. The molecule has 0 aliphatic heterocycles. The molecule has 1 amide bonds. The molecule has 150 valence electrons. The van der Waals surface area contributed by atoms with E-state index in [4.69, 9.17) is 5.73 Å². The summed E-state index contributed by atoms with van der Waals surface area (Å²) in [5.41, 5.74) is 10.1. The summed E-state index contributed by atoms with van der Waals surface area (Å²) in [6.45, 7) is 3.00. The number of aryl methyl sites for hydroxylation is 2. The Bertz CT molecular complexity index is 799. The van der Waals surface area contributed by atoms with Gasteiger partial charge in [-0.05, 0) is 73.6 Å². The molecule has 1 fully saturated rings. The molecule has 3 rings (SSSR count). The van der Waals surface area contributed by atoms with Crippen LogP contribution in [0.15, 0.2) is 46.9 Å². The minimum absolute atomic E-state index is 0.192. The Balaban J connectivity index is 1.71. The molecule has 28 heavy (non-hydrogen) atoms. The first-order valence-electron chi connectivity index (χ1n) is 10.5. The van der Waals surface area contributed by atoms with E-state index in [1.165, 1.54) is 24.8 Å². The van der Waals surface area contributed by atoms with Crippen LogP contribution in [0.5, 0.6) is 0 Å². The summed E-state index contributed by atoms with van der Waals surface area (Å²) in [7, 11) is 0. The summed E-state index contributed by atoms with van der Waals surface area (Å²) < 4.78 is 1.04. The monoisotopic (exact) mass is 442 g/mol. The van der Waals surface area contributed by atoms with Crippen LogP contribution < -0.4 is 5.73 Å². The predicted molar refractivity (Wildman–Crippen MR) is 121 cm³/mol. The van der Waals surface area contributed by atoms with Crippen LogP contribution in [0.4, 0.5) is 5.69 Å². The zero-order valence-electron chi connectivity index (χ0n) is 16.8. The average Bonchev–Trinajstić information content (AvgIpc) is 2.73. The van der Waals surface area contributed by atoms with E-state index in [1.807, 2.05) is 24.3 Å². The minimum Gasteiger partial charge on any atom is -0.399 e. The van der Waals surface area contributed by atoms with E-state index in [0.29, 0.717) is 6.04 Å². The zero-order valence-corrected chi connectivity index (χ0v) is 18.4. The molecule has 3 nitrogen and oxygen atoms in total. The van der Waals surface area contributed by atoms with Gasteiger partial charge in [0.1, 0.15) is 0 Å². The van der Waals surface area contributed by atoms with E-state index in [1.54, 1.807) is 0 Å². The van der Waals surface area contributed by atoms with Gasteiger partial charge in [-0.1, -0.05) is 54.2 Å². The van der Waals surface area contributed by atoms with Gasteiger partial charge in [0, 0.05) is 28.3 Å². The van der Waals surface area contributed by atoms with Gasteiger partial charge in [-0.15, -0.1) is 0 Å². The number of halogens is 1. The van der Waals surface area contributed by atoms with Crippen LogP contribution >= 0.6 is 15.9 Å². The Labute approximate surface area is 177 Å². The summed E-state index contributed by atoms with van der Waals surface area (Å²) in [5, 5.41) is 0. The van der Waals surface area contributed by atoms with Crippen molar-refractivity contribution in [3.05, 3.63) is 63.6 Å². The highest BCUT2D eigenvalue weighted by atomic mass is 79.9. The number of amides is 1. The SMILES string of the molecule is CCCN(C(=O)c1cccc(CCc2cc(Br)ccc2N)c1)C1CCCCC1. The molecule has 4 heteroatoms. The fourth-order valence-electron chi connectivity index (χ4n) is 4.18. The molecule has 0 radical (unpaired) electrons. The maximum absolute atomic E-state index is 13.3. The molecule has 0 heterocycles. The number of nitrogen functional groups attached to an aromatic ring is 1. The van der Waals surface area contributed by atoms with Gasteiger partial charge in [0.05, 0.1) is 0 Å². The topological polar surface area (TPSA) is 46.3 Å². The lowest BCUT2D eigenvalue weighted by Gasteiger charge is -2.34. The summed E-state index contributed by atoms with van der Waals surface area (Å²) in [6.07, 6.45) is 8.83. The summed E-state index contributed by atoms with van der Waals surface area (Å²) in [4.78, 5) is 15.4. The van der Waals surface area contributed by atoms with Crippen LogP contribution in [0, 0.1) is 0 Å². The minimum atomic E-state index is 0.192. The third-order valence-corrected chi connectivity index (χ3v) is 6.20. The molecule has 1 saturated carbocycles. The molecule has 0 spiro atoms. The molecule has 0 saturated heterocycles. The number of nitrogens with two attached hydrogens (primary N) is 1. The Morgan fingerprint density at radius 2 is 1.89 bits per heavy atom. The van der Waals surface area contributed by atoms with E-state index in [2.05, 4.69) is 46.0 Å². The van der Waals surface area contributed by atoms with Crippen LogP contribution in [-0.2, 0) is 12.8 Å². The highest BCUT2D eigenvalue weighted by Crippen LogP contribution is 2.25. The van der Waals surface area contributed by atoms with Crippen LogP contribution in [0.25, 0.3) is 0 Å². The number of hydrogen-bond acceptors (Lipinski definition) is 2. The first-order valence-corrected chi connectivity index (χ1v) is 11.3. The highest BCUT2D eigenvalue weighted by molar-refractivity contribution is 9.10. The van der Waals surface area contributed by atoms with Crippen LogP contribution in [0.2, 0.25) is 0 Å². The molecule has 1 aliphatic rings. The molecule has 0 aromatic heterocycles. The fourth-order valence-corrected chi connectivity index (χ4v) is 4.59. The number of anilines is 1. The molecule has 2 aromatic carbocycles. The maximum Gasteiger partial charge on any atom is 0.254 e. The Morgan fingerprint density at radius 1 is 1.11 bits per heavy atom. The van der Waals surface area contributed by atoms with E-state index in [-0.39, 0.29) is 5.91 Å². The van der Waals surface area contributed by atoms with Gasteiger partial charge in [0.15, 0.2) is 0 Å². The zero-order chi connectivity index (χ0) is 19.9. The number of nitrogens with zero attached hydrogens (tertiary/aromatic N) is 1. The van der Waals surface area contributed by atoms with Crippen molar-refractivity contribution in [3.63, 3.8) is 0 Å². The van der Waals surface area contributed by atoms with Crippen molar-refractivity contribution in [2.24, 2.45) is 0 Å². The second-order valence-corrected chi connectivity index (χ2v) is 8.75. The van der Waals surface area contributed by atoms with E-state index in [0.717, 1.165) is 59.9 Å². The first kappa shape index (κ1) is 20.9. The number of carbonyl (C=O) groups is 1. The molecular weight excluding hydrogens is 412 g/mol. The summed E-state index contributed by atoms with van der Waals surface area (Å²) >= 11 is 3.52.